The number of nitrogens with one attached hydrogen (secondary N) is 1. The topological polar surface area (TPSA) is 30.1 Å². The van der Waals surface area contributed by atoms with Crippen LogP contribution in [0.5, 0.6) is 0 Å². The molecule has 1 N–H and O–H groups in total. The molecule has 0 spiro atoms. The highest BCUT2D eigenvalue weighted by molar-refractivity contribution is 7.26. The van der Waals surface area contributed by atoms with Crippen molar-refractivity contribution in [2.24, 2.45) is 0 Å². The Kier molecular flexibility index (Phi) is 6.54. The van der Waals surface area contributed by atoms with Crippen molar-refractivity contribution in [1.29, 1.82) is 0 Å². The number of hydrogen-bond acceptors (Lipinski definition) is 3. The van der Waals surface area contributed by atoms with E-state index in [1.54, 1.807) is 0 Å². The molecule has 224 valence electrons. The minimum atomic E-state index is 0.848. The van der Waals surface area contributed by atoms with E-state index >= 15 is 0 Å². The first-order chi connectivity index (χ1) is 23.3. The van der Waals surface area contributed by atoms with Crippen LogP contribution in [0, 0.1) is 0 Å². The second kappa shape index (κ2) is 11.2. The molecule has 0 unspecified atom stereocenters. The van der Waals surface area contributed by atoms with Gasteiger partial charge in [-0.2, -0.15) is 0 Å². The fraction of sp³-hybridized carbons (Fsp3) is 0.0233. The Morgan fingerprint density at radius 1 is 0.660 bits per heavy atom. The summed E-state index contributed by atoms with van der Waals surface area (Å²) in [5, 5.41) is 10.8. The van der Waals surface area contributed by atoms with Crippen LogP contribution in [0.1, 0.15) is 12.5 Å². The van der Waals surface area contributed by atoms with Gasteiger partial charge in [0.05, 0.1) is 22.1 Å². The number of para-hydroxylation sites is 3. The van der Waals surface area contributed by atoms with Gasteiger partial charge in [-0.05, 0) is 67.1 Å². The van der Waals surface area contributed by atoms with E-state index in [-0.39, 0.29) is 0 Å². The number of hydrogen-bond donors (Lipinski definition) is 1. The number of benzene rings is 6. The summed E-state index contributed by atoms with van der Waals surface area (Å²) in [6, 6.07) is 45.1. The van der Waals surface area contributed by atoms with Gasteiger partial charge in [0.2, 0.25) is 0 Å². The number of aromatic nitrogens is 1. The molecule has 47 heavy (non-hydrogen) atoms. The minimum Gasteiger partial charge on any atom is -0.453 e. The van der Waals surface area contributed by atoms with E-state index in [9.17, 15) is 0 Å². The van der Waals surface area contributed by atoms with Crippen molar-refractivity contribution in [1.82, 2.24) is 4.57 Å². The third-order valence-corrected chi connectivity index (χ3v) is 10.2. The van der Waals surface area contributed by atoms with Crippen LogP contribution in [0.3, 0.4) is 0 Å². The molecule has 0 bridgehead atoms. The predicted octanol–water partition coefficient (Wildman–Crippen LogP) is 12.6. The fourth-order valence-corrected chi connectivity index (χ4v) is 8.09. The van der Waals surface area contributed by atoms with Crippen molar-refractivity contribution in [2.45, 2.75) is 6.92 Å². The molecule has 3 heterocycles. The van der Waals surface area contributed by atoms with Gasteiger partial charge in [-0.25, -0.2) is 0 Å². The number of furan rings is 1. The van der Waals surface area contributed by atoms with Crippen molar-refractivity contribution in [3.8, 4) is 5.69 Å². The quantitative estimate of drug-likeness (QED) is 0.187. The first-order valence-electron chi connectivity index (χ1n) is 15.9. The van der Waals surface area contributed by atoms with E-state index < -0.39 is 0 Å². The first-order valence-corrected chi connectivity index (χ1v) is 16.7. The molecular weight excluding hydrogens is 593 g/mol. The summed E-state index contributed by atoms with van der Waals surface area (Å²) in [4.78, 5) is 0. The van der Waals surface area contributed by atoms with E-state index in [2.05, 4.69) is 168 Å². The molecule has 4 heteroatoms. The van der Waals surface area contributed by atoms with Gasteiger partial charge in [-0.3, -0.25) is 0 Å². The van der Waals surface area contributed by atoms with Crippen molar-refractivity contribution < 1.29 is 4.42 Å². The Morgan fingerprint density at radius 2 is 1.40 bits per heavy atom. The third-order valence-electron chi connectivity index (χ3n) is 8.93. The van der Waals surface area contributed by atoms with Gasteiger partial charge in [0.1, 0.15) is 5.58 Å². The summed E-state index contributed by atoms with van der Waals surface area (Å²) in [6.45, 7) is 2.04. The number of fused-ring (bicyclic) bond motifs is 10. The largest absolute Gasteiger partial charge is 0.453 e. The summed E-state index contributed by atoms with van der Waals surface area (Å²) in [5.74, 6) is 0. The van der Waals surface area contributed by atoms with E-state index in [1.165, 1.54) is 31.1 Å². The summed E-state index contributed by atoms with van der Waals surface area (Å²) in [7, 11) is 0. The Labute approximate surface area is 276 Å². The summed E-state index contributed by atoms with van der Waals surface area (Å²) >= 11 is 1.85. The molecule has 3 aromatic heterocycles. The smallest absolute Gasteiger partial charge is 0.158 e. The molecule has 0 amide bonds. The maximum Gasteiger partial charge on any atom is 0.158 e. The molecule has 0 saturated heterocycles. The number of rotatable bonds is 6. The molecule has 9 rings (SSSR count). The van der Waals surface area contributed by atoms with Crippen molar-refractivity contribution >= 4 is 87.0 Å². The van der Waals surface area contributed by atoms with Crippen molar-refractivity contribution in [2.75, 3.05) is 5.32 Å². The lowest BCUT2D eigenvalue weighted by Gasteiger charge is -2.07. The second-order valence-electron chi connectivity index (χ2n) is 11.7. The normalized spacial score (nSPS) is 12.7. The number of anilines is 1. The lowest BCUT2D eigenvalue weighted by atomic mass is 10.1. The zero-order valence-electron chi connectivity index (χ0n) is 25.8. The van der Waals surface area contributed by atoms with E-state index in [0.29, 0.717) is 0 Å². The second-order valence-corrected chi connectivity index (χ2v) is 12.8. The number of thiophene rings is 1. The molecule has 0 fully saturated rings. The van der Waals surface area contributed by atoms with Gasteiger partial charge in [-0.15, -0.1) is 11.3 Å². The van der Waals surface area contributed by atoms with Gasteiger partial charge in [0.15, 0.2) is 5.58 Å². The SMILES string of the molecule is C\C=C/C(=C\C=C\c1cccc2c1sc1ccccc12)Nc1cccc2c1oc1c2ccc2c1c1ccccc1n2-c1ccccc1. The maximum atomic E-state index is 6.84. The molecule has 0 aliphatic rings. The highest BCUT2D eigenvalue weighted by Gasteiger charge is 2.19. The van der Waals surface area contributed by atoms with Crippen LogP contribution in [-0.2, 0) is 0 Å². The van der Waals surface area contributed by atoms with Gasteiger partial charge in [0.25, 0.3) is 0 Å². The zero-order valence-corrected chi connectivity index (χ0v) is 26.6. The average molecular weight is 623 g/mol. The lowest BCUT2D eigenvalue weighted by molar-refractivity contribution is 0.674. The molecule has 3 nitrogen and oxygen atoms in total. The third kappa shape index (κ3) is 4.49. The standard InChI is InChI=1S/C43H30N2OS/c1-2-13-29(16-10-14-28-15-11-22-34-31-19-7-9-25-39(31)47-43(28)34)44-36-23-12-21-32-33-26-27-38-40(42(33)46-41(32)36)35-20-6-8-24-37(35)45(38)30-17-4-3-5-18-30/h2-27,44H,1H3/b13-2-,14-10+,29-16+. The predicted molar refractivity (Wildman–Crippen MR) is 203 cm³/mol. The Balaban J connectivity index is 1.14. The summed E-state index contributed by atoms with van der Waals surface area (Å²) in [6.07, 6.45) is 10.6. The van der Waals surface area contributed by atoms with Gasteiger partial charge >= 0.3 is 0 Å². The number of nitrogens with zero attached hydrogens (tertiary/aromatic N) is 1. The zero-order chi connectivity index (χ0) is 31.3. The molecule has 9 aromatic rings. The summed E-state index contributed by atoms with van der Waals surface area (Å²) in [5.41, 5.74) is 8.32. The Bertz CT molecular complexity index is 2720. The molecule has 0 aliphatic carbocycles. The van der Waals surface area contributed by atoms with Crippen LogP contribution >= 0.6 is 11.3 Å². The average Bonchev–Trinajstić information content (AvgIpc) is 3.79. The summed E-state index contributed by atoms with van der Waals surface area (Å²) < 4.78 is 11.8. The molecule has 0 radical (unpaired) electrons. The van der Waals surface area contributed by atoms with Crippen LogP contribution in [0.4, 0.5) is 5.69 Å². The van der Waals surface area contributed by atoms with Crippen LogP contribution in [-0.4, -0.2) is 4.57 Å². The molecule has 6 aromatic carbocycles. The minimum absolute atomic E-state index is 0.848. The molecular formula is C43H30N2OS. The van der Waals surface area contributed by atoms with E-state index in [0.717, 1.165) is 55.4 Å². The Hall–Kier alpha value is -5.84. The highest BCUT2D eigenvalue weighted by atomic mass is 32.1. The van der Waals surface area contributed by atoms with E-state index in [4.69, 9.17) is 4.42 Å². The number of allylic oxidation sites excluding steroid dienone is 4. The molecule has 0 atom stereocenters. The van der Waals surface area contributed by atoms with Gasteiger partial charge in [-0.1, -0.05) is 103 Å². The Morgan fingerprint density at radius 3 is 2.30 bits per heavy atom. The monoisotopic (exact) mass is 622 g/mol. The van der Waals surface area contributed by atoms with Crippen molar-refractivity contribution in [3.63, 3.8) is 0 Å². The fourth-order valence-electron chi connectivity index (χ4n) is 6.89. The van der Waals surface area contributed by atoms with Gasteiger partial charge in [0, 0.05) is 47.7 Å². The van der Waals surface area contributed by atoms with Crippen molar-refractivity contribution in [3.05, 3.63) is 163 Å². The van der Waals surface area contributed by atoms with E-state index in [1.807, 2.05) is 18.3 Å². The van der Waals surface area contributed by atoms with Crippen LogP contribution < -0.4 is 5.32 Å². The highest BCUT2D eigenvalue weighted by Crippen LogP contribution is 2.42. The first kappa shape index (κ1) is 27.5. The molecule has 0 aliphatic heterocycles. The van der Waals surface area contributed by atoms with Gasteiger partial charge < -0.3 is 14.3 Å². The maximum absolute atomic E-state index is 6.84. The van der Waals surface area contributed by atoms with Crippen LogP contribution in [0.2, 0.25) is 0 Å². The molecule has 0 saturated carbocycles. The lowest BCUT2D eigenvalue weighted by Crippen LogP contribution is -1.96. The van der Waals surface area contributed by atoms with Crippen LogP contribution in [0.25, 0.3) is 75.7 Å². The van der Waals surface area contributed by atoms with Crippen LogP contribution in [0.15, 0.2) is 162 Å².